The smallest absolute Gasteiger partial charge is 0.295 e. The average Bonchev–Trinajstić information content (AvgIpc) is 3.04. The number of hydrogen-bond acceptors (Lipinski definition) is 5. The molecular weight excluding hydrogens is 418 g/mol. The zero-order valence-corrected chi connectivity index (χ0v) is 17.0. The number of amides is 1. The Labute approximate surface area is 182 Å². The second-order valence-corrected chi connectivity index (χ2v) is 7.18. The summed E-state index contributed by atoms with van der Waals surface area (Å²) in [5.74, 6) is -3.37. The highest BCUT2D eigenvalue weighted by Gasteiger charge is 2.46. The Bertz CT molecular complexity index is 1210. The number of aliphatic hydroxyl groups excluding tert-OH is 1. The van der Waals surface area contributed by atoms with E-state index in [0.29, 0.717) is 11.1 Å². The van der Waals surface area contributed by atoms with Crippen molar-refractivity contribution < 1.29 is 28.2 Å². The number of aromatic nitrogens is 1. The number of pyridine rings is 1. The molecule has 1 amide bonds. The molecule has 6 nitrogen and oxygen atoms in total. The molecule has 2 aromatic carbocycles. The van der Waals surface area contributed by atoms with Gasteiger partial charge in [0.15, 0.2) is 0 Å². The van der Waals surface area contributed by atoms with Crippen LogP contribution in [0.1, 0.15) is 22.7 Å². The molecule has 1 N–H and O–H groups in total. The first-order valence-corrected chi connectivity index (χ1v) is 9.67. The van der Waals surface area contributed by atoms with Crippen LogP contribution >= 0.6 is 0 Å². The first-order valence-electron chi connectivity index (χ1n) is 9.67. The molecule has 3 aromatic rings. The first kappa shape index (κ1) is 21.2. The van der Waals surface area contributed by atoms with Crippen molar-refractivity contribution in [2.24, 2.45) is 0 Å². The molecular formula is C24H18F2N2O4. The highest BCUT2D eigenvalue weighted by atomic mass is 19.1. The molecule has 32 heavy (non-hydrogen) atoms. The lowest BCUT2D eigenvalue weighted by Crippen LogP contribution is -2.29. The number of aliphatic hydroxyl groups is 1. The second-order valence-electron chi connectivity index (χ2n) is 7.18. The van der Waals surface area contributed by atoms with Gasteiger partial charge < -0.3 is 14.7 Å². The number of Topliss-reactive ketones (excluding diaryl/α,β-unsaturated/α-hetero) is 1. The molecule has 0 aliphatic carbocycles. The van der Waals surface area contributed by atoms with Gasteiger partial charge in [-0.3, -0.25) is 14.6 Å². The minimum atomic E-state index is -1.02. The van der Waals surface area contributed by atoms with E-state index < -0.39 is 35.1 Å². The van der Waals surface area contributed by atoms with Gasteiger partial charge in [0.1, 0.15) is 23.1 Å². The quantitative estimate of drug-likeness (QED) is 0.372. The molecule has 2 heterocycles. The number of benzene rings is 2. The fourth-order valence-electron chi connectivity index (χ4n) is 3.73. The average molecular weight is 436 g/mol. The van der Waals surface area contributed by atoms with Gasteiger partial charge in [0.25, 0.3) is 11.7 Å². The van der Waals surface area contributed by atoms with E-state index in [0.717, 1.165) is 12.1 Å². The first-order chi connectivity index (χ1) is 15.4. The van der Waals surface area contributed by atoms with Crippen LogP contribution in [-0.4, -0.2) is 33.8 Å². The van der Waals surface area contributed by atoms with E-state index in [-0.39, 0.29) is 23.4 Å². The molecule has 8 heteroatoms. The molecule has 1 fully saturated rings. The van der Waals surface area contributed by atoms with Gasteiger partial charge in [-0.1, -0.05) is 12.1 Å². The van der Waals surface area contributed by atoms with Crippen LogP contribution in [0.15, 0.2) is 72.6 Å². The van der Waals surface area contributed by atoms with Crippen LogP contribution in [0, 0.1) is 11.6 Å². The topological polar surface area (TPSA) is 79.7 Å². The van der Waals surface area contributed by atoms with Crippen molar-refractivity contribution in [2.75, 3.05) is 7.11 Å². The Hall–Kier alpha value is -4.07. The molecule has 162 valence electrons. The number of hydrogen-bond donors (Lipinski definition) is 1. The number of methoxy groups -OCH3 is 1. The maximum Gasteiger partial charge on any atom is 0.295 e. The lowest BCUT2D eigenvalue weighted by molar-refractivity contribution is -0.140. The number of ketones is 1. The van der Waals surface area contributed by atoms with Crippen molar-refractivity contribution in [3.63, 3.8) is 0 Å². The summed E-state index contributed by atoms with van der Waals surface area (Å²) in [4.78, 5) is 31.2. The van der Waals surface area contributed by atoms with Crippen LogP contribution in [0.3, 0.4) is 0 Å². The molecule has 0 saturated carbocycles. The van der Waals surface area contributed by atoms with E-state index in [4.69, 9.17) is 4.74 Å². The molecule has 1 saturated heterocycles. The fourth-order valence-corrected chi connectivity index (χ4v) is 3.73. The predicted molar refractivity (Wildman–Crippen MR) is 111 cm³/mol. The van der Waals surface area contributed by atoms with Gasteiger partial charge in [-0.05, 0) is 53.6 Å². The summed E-state index contributed by atoms with van der Waals surface area (Å²) in [5.41, 5.74) is 0.815. The summed E-state index contributed by atoms with van der Waals surface area (Å²) in [6, 6.07) is 11.1. The van der Waals surface area contributed by atoms with Crippen LogP contribution in [0.5, 0.6) is 5.75 Å². The standard InChI is InChI=1S/C24H18F2N2O4/c1-32-19-7-6-17(26)12-18(19)22(29)20-21(15-2-4-16(25)5-3-15)28(24(31)23(20)30)13-14-8-10-27-11-9-14/h2-12,21,29H,13H2,1H3/b22-20+. The Kier molecular flexibility index (Phi) is 5.68. The number of ether oxygens (including phenoxy) is 1. The van der Waals surface area contributed by atoms with Crippen LogP contribution < -0.4 is 4.74 Å². The predicted octanol–water partition coefficient (Wildman–Crippen LogP) is 3.99. The van der Waals surface area contributed by atoms with Gasteiger partial charge in [0, 0.05) is 18.9 Å². The van der Waals surface area contributed by atoms with Gasteiger partial charge in [-0.2, -0.15) is 0 Å². The Morgan fingerprint density at radius 1 is 1.03 bits per heavy atom. The van der Waals surface area contributed by atoms with Crippen molar-refractivity contribution >= 4 is 17.4 Å². The van der Waals surface area contributed by atoms with Gasteiger partial charge in [-0.25, -0.2) is 8.78 Å². The Morgan fingerprint density at radius 3 is 2.34 bits per heavy atom. The maximum atomic E-state index is 13.9. The zero-order valence-electron chi connectivity index (χ0n) is 17.0. The second kappa shape index (κ2) is 8.58. The van der Waals surface area contributed by atoms with Crippen LogP contribution in [0.4, 0.5) is 8.78 Å². The number of rotatable bonds is 5. The molecule has 4 rings (SSSR count). The number of halogens is 2. The number of nitrogens with zero attached hydrogens (tertiary/aromatic N) is 2. The minimum Gasteiger partial charge on any atom is -0.507 e. The molecule has 0 bridgehead atoms. The lowest BCUT2D eigenvalue weighted by Gasteiger charge is -2.25. The van der Waals surface area contributed by atoms with Crippen LogP contribution in [-0.2, 0) is 16.1 Å². The van der Waals surface area contributed by atoms with Gasteiger partial charge in [0.05, 0.1) is 24.3 Å². The molecule has 0 spiro atoms. The Morgan fingerprint density at radius 2 is 1.69 bits per heavy atom. The SMILES string of the molecule is COc1ccc(F)cc1/C(O)=C1\C(=O)C(=O)N(Cc2ccncc2)C1c1ccc(F)cc1. The van der Waals surface area contributed by atoms with E-state index >= 15 is 0 Å². The number of carbonyl (C=O) groups excluding carboxylic acids is 2. The monoisotopic (exact) mass is 436 g/mol. The highest BCUT2D eigenvalue weighted by Crippen LogP contribution is 2.41. The number of likely N-dealkylation sites (tertiary alicyclic amines) is 1. The van der Waals surface area contributed by atoms with E-state index in [2.05, 4.69) is 4.98 Å². The molecule has 1 aromatic heterocycles. The fraction of sp³-hybridized carbons (Fsp3) is 0.125. The summed E-state index contributed by atoms with van der Waals surface area (Å²) >= 11 is 0. The number of carbonyl (C=O) groups is 2. The van der Waals surface area contributed by atoms with E-state index in [1.807, 2.05) is 0 Å². The third-order valence-electron chi connectivity index (χ3n) is 5.24. The molecule has 1 aliphatic heterocycles. The third kappa shape index (κ3) is 3.82. The van der Waals surface area contributed by atoms with Gasteiger partial charge in [-0.15, -0.1) is 0 Å². The maximum absolute atomic E-state index is 13.9. The van der Waals surface area contributed by atoms with Crippen molar-refractivity contribution in [2.45, 2.75) is 12.6 Å². The largest absolute Gasteiger partial charge is 0.507 e. The van der Waals surface area contributed by atoms with E-state index in [1.165, 1.54) is 42.3 Å². The molecule has 0 radical (unpaired) electrons. The summed E-state index contributed by atoms with van der Waals surface area (Å²) < 4.78 is 32.7. The third-order valence-corrected chi connectivity index (χ3v) is 5.24. The van der Waals surface area contributed by atoms with E-state index in [1.54, 1.807) is 24.5 Å². The molecule has 1 aliphatic rings. The van der Waals surface area contributed by atoms with Crippen LogP contribution in [0.25, 0.3) is 5.76 Å². The Balaban J connectivity index is 1.91. The van der Waals surface area contributed by atoms with Crippen molar-refractivity contribution in [3.8, 4) is 5.75 Å². The van der Waals surface area contributed by atoms with Crippen LogP contribution in [0.2, 0.25) is 0 Å². The van der Waals surface area contributed by atoms with Crippen molar-refractivity contribution in [1.29, 1.82) is 0 Å². The normalized spacial score (nSPS) is 17.6. The van der Waals surface area contributed by atoms with Gasteiger partial charge >= 0.3 is 0 Å². The van der Waals surface area contributed by atoms with Crippen molar-refractivity contribution in [3.05, 3.63) is 101 Å². The van der Waals surface area contributed by atoms with E-state index in [9.17, 15) is 23.5 Å². The summed E-state index contributed by atoms with van der Waals surface area (Å²) in [5, 5.41) is 11.1. The lowest BCUT2D eigenvalue weighted by atomic mass is 9.95. The molecule has 1 unspecified atom stereocenters. The summed E-state index contributed by atoms with van der Waals surface area (Å²) in [6.07, 6.45) is 3.10. The minimum absolute atomic E-state index is 0.0478. The van der Waals surface area contributed by atoms with Crippen molar-refractivity contribution in [1.82, 2.24) is 9.88 Å². The highest BCUT2D eigenvalue weighted by molar-refractivity contribution is 6.46. The zero-order chi connectivity index (χ0) is 22.8. The molecule has 1 atom stereocenters. The summed E-state index contributed by atoms with van der Waals surface area (Å²) in [7, 11) is 1.34. The van der Waals surface area contributed by atoms with Gasteiger partial charge in [0.2, 0.25) is 0 Å². The summed E-state index contributed by atoms with van der Waals surface area (Å²) in [6.45, 7) is 0.0478.